The molecular formula is C28H43N5O6SSi. The molecule has 0 bridgehead atoms. The predicted molar refractivity (Wildman–Crippen MR) is 164 cm³/mol. The van der Waals surface area contributed by atoms with E-state index in [0.29, 0.717) is 34.8 Å². The van der Waals surface area contributed by atoms with E-state index in [-0.39, 0.29) is 18.3 Å². The number of sulfonamides is 1. The number of anilines is 1. The van der Waals surface area contributed by atoms with Crippen molar-refractivity contribution in [1.82, 2.24) is 19.7 Å². The Morgan fingerprint density at radius 3 is 2.07 bits per heavy atom. The van der Waals surface area contributed by atoms with Crippen LogP contribution < -0.4 is 18.5 Å². The van der Waals surface area contributed by atoms with Gasteiger partial charge in [0.1, 0.15) is 28.1 Å². The molecule has 11 nitrogen and oxygen atoms in total. The number of hydrogen-bond donors (Lipinski definition) is 1. The van der Waals surface area contributed by atoms with Crippen LogP contribution in [-0.4, -0.2) is 80.6 Å². The number of methoxy groups -OCH3 is 3. The van der Waals surface area contributed by atoms with E-state index in [4.69, 9.17) is 14.2 Å². The van der Waals surface area contributed by atoms with Gasteiger partial charge in [-0.05, 0) is 36.6 Å². The Kier molecular flexibility index (Phi) is 9.76. The molecule has 13 heteroatoms. The van der Waals surface area contributed by atoms with E-state index in [9.17, 15) is 13.5 Å². The Labute approximate surface area is 244 Å². The lowest BCUT2D eigenvalue weighted by molar-refractivity contribution is 0.0625. The summed E-state index contributed by atoms with van der Waals surface area (Å²) >= 11 is 0. The molecule has 2 aromatic heterocycles. The summed E-state index contributed by atoms with van der Waals surface area (Å²) in [6.07, 6.45) is -1.14. The maximum atomic E-state index is 14.4. The highest BCUT2D eigenvalue weighted by atomic mass is 32.2. The molecule has 0 spiro atoms. The number of rotatable bonds is 12. The first-order valence-corrected chi connectivity index (χ1v) is 18.7. The fourth-order valence-corrected chi connectivity index (χ4v) is 7.24. The van der Waals surface area contributed by atoms with Crippen molar-refractivity contribution in [3.8, 4) is 34.6 Å². The van der Waals surface area contributed by atoms with Crippen molar-refractivity contribution in [3.63, 3.8) is 0 Å². The Hall–Kier alpha value is -3.16. The minimum absolute atomic E-state index is 0.0404. The SMILES string of the molecule is COc1cccc(-c2nnc(N(CC[Si](C)(C)C)S(=O)(=O)[C@H](C)[C@@H](O)C(C)(C)C)n2-c2c(OC)cccc2OC)n1. The van der Waals surface area contributed by atoms with E-state index in [2.05, 4.69) is 34.8 Å². The molecule has 3 aromatic rings. The lowest BCUT2D eigenvalue weighted by Gasteiger charge is -2.35. The third-order valence-corrected chi connectivity index (χ3v) is 10.7. The highest BCUT2D eigenvalue weighted by Crippen LogP contribution is 2.40. The molecule has 1 aromatic carbocycles. The predicted octanol–water partition coefficient (Wildman–Crippen LogP) is 4.63. The van der Waals surface area contributed by atoms with Gasteiger partial charge in [-0.3, -0.25) is 4.57 Å². The van der Waals surface area contributed by atoms with Gasteiger partial charge >= 0.3 is 0 Å². The van der Waals surface area contributed by atoms with Crippen LogP contribution in [0.25, 0.3) is 17.2 Å². The molecule has 0 amide bonds. The fraction of sp³-hybridized carbons (Fsp3) is 0.536. The van der Waals surface area contributed by atoms with Crippen LogP contribution in [0.3, 0.4) is 0 Å². The van der Waals surface area contributed by atoms with Crippen molar-refractivity contribution in [2.45, 2.75) is 64.7 Å². The van der Waals surface area contributed by atoms with Gasteiger partial charge < -0.3 is 19.3 Å². The number of ether oxygens (including phenoxy) is 3. The van der Waals surface area contributed by atoms with E-state index in [1.807, 2.05) is 20.8 Å². The molecule has 0 aliphatic carbocycles. The van der Waals surface area contributed by atoms with E-state index < -0.39 is 34.9 Å². The monoisotopic (exact) mass is 605 g/mol. The lowest BCUT2D eigenvalue weighted by Crippen LogP contribution is -2.49. The standard InChI is InChI=1S/C28H43N5O6SSi/c1-19(25(34)28(2,3)4)40(35,36)32(17-18-41(8,9)10)27-31-30-26(20-13-11-16-23(29-20)39-7)33(27)24-21(37-5)14-12-15-22(24)38-6/h11-16,19,25,34H,17-18H2,1-10H3/t19-,25-/m1/s1. The normalized spacial score (nSPS) is 13.9. The van der Waals surface area contributed by atoms with Gasteiger partial charge in [0.05, 0.1) is 27.4 Å². The molecular weight excluding hydrogens is 562 g/mol. The fourth-order valence-electron chi connectivity index (χ4n) is 4.36. The van der Waals surface area contributed by atoms with Crippen LogP contribution in [0.15, 0.2) is 36.4 Å². The quantitative estimate of drug-likeness (QED) is 0.294. The van der Waals surface area contributed by atoms with Crippen LogP contribution in [0.5, 0.6) is 17.4 Å². The summed E-state index contributed by atoms with van der Waals surface area (Å²) in [6.45, 7) is 13.6. The summed E-state index contributed by atoms with van der Waals surface area (Å²) in [5.74, 6) is 1.49. The van der Waals surface area contributed by atoms with Crippen molar-refractivity contribution in [1.29, 1.82) is 0 Å². The minimum Gasteiger partial charge on any atom is -0.494 e. The highest BCUT2D eigenvalue weighted by Gasteiger charge is 2.42. The van der Waals surface area contributed by atoms with Crippen molar-refractivity contribution in [3.05, 3.63) is 36.4 Å². The van der Waals surface area contributed by atoms with Crippen LogP contribution in [-0.2, 0) is 10.0 Å². The summed E-state index contributed by atoms with van der Waals surface area (Å²) in [7, 11) is -1.34. The lowest BCUT2D eigenvalue weighted by atomic mass is 9.87. The molecule has 1 N–H and O–H groups in total. The van der Waals surface area contributed by atoms with Crippen LogP contribution in [0.1, 0.15) is 27.7 Å². The second-order valence-electron chi connectivity index (χ2n) is 12.2. The number of benzene rings is 1. The van der Waals surface area contributed by atoms with Crippen molar-refractivity contribution < 1.29 is 27.7 Å². The van der Waals surface area contributed by atoms with Crippen LogP contribution in [0.2, 0.25) is 25.7 Å². The van der Waals surface area contributed by atoms with Gasteiger partial charge in [0, 0.05) is 20.7 Å². The summed E-state index contributed by atoms with van der Waals surface area (Å²) in [4.78, 5) is 4.55. The van der Waals surface area contributed by atoms with Crippen molar-refractivity contribution >= 4 is 24.0 Å². The number of para-hydroxylation sites is 1. The summed E-state index contributed by atoms with van der Waals surface area (Å²) in [5, 5.41) is 18.9. The Balaban J connectivity index is 2.41. The van der Waals surface area contributed by atoms with Crippen LogP contribution in [0, 0.1) is 5.41 Å². The largest absolute Gasteiger partial charge is 0.494 e. The molecule has 0 unspecified atom stereocenters. The number of pyridine rings is 1. The summed E-state index contributed by atoms with van der Waals surface area (Å²) < 4.78 is 48.4. The Morgan fingerprint density at radius 2 is 1.56 bits per heavy atom. The maximum absolute atomic E-state index is 14.4. The zero-order valence-corrected chi connectivity index (χ0v) is 27.5. The first-order chi connectivity index (χ1) is 19.1. The molecule has 3 rings (SSSR count). The molecule has 0 saturated carbocycles. The summed E-state index contributed by atoms with van der Waals surface area (Å²) in [6, 6.07) is 11.1. The molecule has 0 aliphatic heterocycles. The zero-order valence-electron chi connectivity index (χ0n) is 25.7. The van der Waals surface area contributed by atoms with Gasteiger partial charge in [-0.25, -0.2) is 17.7 Å². The van der Waals surface area contributed by atoms with E-state index in [1.54, 1.807) is 41.0 Å². The third kappa shape index (κ3) is 7.01. The number of aromatic nitrogens is 4. The molecule has 2 heterocycles. The van der Waals surface area contributed by atoms with Gasteiger partial charge in [0.15, 0.2) is 5.82 Å². The van der Waals surface area contributed by atoms with E-state index >= 15 is 0 Å². The second-order valence-corrected chi connectivity index (χ2v) is 20.0. The number of nitrogens with zero attached hydrogens (tertiary/aromatic N) is 5. The molecule has 0 radical (unpaired) electrons. The molecule has 0 saturated heterocycles. The van der Waals surface area contributed by atoms with Crippen LogP contribution >= 0.6 is 0 Å². The summed E-state index contributed by atoms with van der Waals surface area (Å²) in [5.41, 5.74) is 0.141. The second kappa shape index (κ2) is 12.4. The van der Waals surface area contributed by atoms with Gasteiger partial charge in [-0.1, -0.05) is 52.5 Å². The average molecular weight is 606 g/mol. The van der Waals surface area contributed by atoms with Crippen molar-refractivity contribution in [2.24, 2.45) is 5.41 Å². The first-order valence-electron chi connectivity index (χ1n) is 13.4. The van der Waals surface area contributed by atoms with Gasteiger partial charge in [0.25, 0.3) is 0 Å². The molecule has 226 valence electrons. The smallest absolute Gasteiger partial charge is 0.246 e. The van der Waals surface area contributed by atoms with Crippen LogP contribution in [0.4, 0.5) is 5.95 Å². The molecule has 41 heavy (non-hydrogen) atoms. The average Bonchev–Trinajstić information content (AvgIpc) is 3.34. The van der Waals surface area contributed by atoms with Gasteiger partial charge in [-0.15, -0.1) is 10.2 Å². The zero-order chi connectivity index (χ0) is 30.8. The first kappa shape index (κ1) is 32.4. The molecule has 0 aliphatic rings. The van der Waals surface area contributed by atoms with Gasteiger partial charge in [-0.2, -0.15) is 0 Å². The highest BCUT2D eigenvalue weighted by molar-refractivity contribution is 7.93. The van der Waals surface area contributed by atoms with E-state index in [0.717, 1.165) is 0 Å². The van der Waals surface area contributed by atoms with Gasteiger partial charge in [0.2, 0.25) is 21.9 Å². The molecule has 0 fully saturated rings. The topological polar surface area (TPSA) is 129 Å². The van der Waals surface area contributed by atoms with E-state index in [1.165, 1.54) is 32.6 Å². The third-order valence-electron chi connectivity index (χ3n) is 6.83. The van der Waals surface area contributed by atoms with Crippen molar-refractivity contribution in [2.75, 3.05) is 32.2 Å². The number of hydrogen-bond acceptors (Lipinski definition) is 9. The maximum Gasteiger partial charge on any atom is 0.246 e. The molecule has 2 atom stereocenters. The Morgan fingerprint density at radius 1 is 0.976 bits per heavy atom. The minimum atomic E-state index is -4.15. The number of aliphatic hydroxyl groups excluding tert-OH is 1. The Bertz CT molecular complexity index is 1430. The number of aliphatic hydroxyl groups is 1.